The lowest BCUT2D eigenvalue weighted by molar-refractivity contribution is 0.360. The predicted octanol–water partition coefficient (Wildman–Crippen LogP) is 5.15. The van der Waals surface area contributed by atoms with Gasteiger partial charge in [-0.3, -0.25) is 4.98 Å². The molecule has 16 heavy (non-hydrogen) atoms. The van der Waals surface area contributed by atoms with E-state index in [4.69, 9.17) is 23.2 Å². The van der Waals surface area contributed by atoms with Crippen molar-refractivity contribution in [1.82, 2.24) is 4.98 Å². The summed E-state index contributed by atoms with van der Waals surface area (Å²) in [6, 6.07) is 0. The van der Waals surface area contributed by atoms with Gasteiger partial charge in [0.15, 0.2) is 0 Å². The van der Waals surface area contributed by atoms with Crippen LogP contribution in [-0.4, -0.2) is 4.98 Å². The molecule has 0 bridgehead atoms. The molecule has 90 valence electrons. The second-order valence-corrected chi connectivity index (χ2v) is 6.16. The highest BCUT2D eigenvalue weighted by Gasteiger charge is 2.10. The summed E-state index contributed by atoms with van der Waals surface area (Å²) in [6.07, 6.45) is 7.82. The Balaban J connectivity index is 2.43. The van der Waals surface area contributed by atoms with Crippen LogP contribution in [0.4, 0.5) is 0 Å². The van der Waals surface area contributed by atoms with Crippen LogP contribution in [0.15, 0.2) is 12.4 Å². The zero-order valence-corrected chi connectivity index (χ0v) is 11.7. The molecule has 0 amide bonds. The van der Waals surface area contributed by atoms with Crippen LogP contribution in [0.2, 0.25) is 10.0 Å². The Kier molecular flexibility index (Phi) is 5.07. The van der Waals surface area contributed by atoms with Crippen molar-refractivity contribution >= 4 is 23.2 Å². The summed E-state index contributed by atoms with van der Waals surface area (Å²) in [7, 11) is 0. The van der Waals surface area contributed by atoms with Crippen LogP contribution >= 0.6 is 23.2 Å². The van der Waals surface area contributed by atoms with Gasteiger partial charge in [-0.15, -0.1) is 0 Å². The van der Waals surface area contributed by atoms with Crippen LogP contribution < -0.4 is 0 Å². The summed E-state index contributed by atoms with van der Waals surface area (Å²) in [5, 5.41) is 1.37. The molecular weight excluding hydrogens is 241 g/mol. The van der Waals surface area contributed by atoms with Gasteiger partial charge in [0.1, 0.15) is 0 Å². The van der Waals surface area contributed by atoms with Gasteiger partial charge in [-0.2, -0.15) is 0 Å². The topological polar surface area (TPSA) is 12.9 Å². The lowest BCUT2D eigenvalue weighted by Gasteiger charge is -2.17. The summed E-state index contributed by atoms with van der Waals surface area (Å²) in [5.41, 5.74) is 1.44. The standard InChI is InChI=1S/C13H19Cl2N/c1-13(2,3)7-5-4-6-10-11(14)8-16-9-12(10)15/h8-9H,4-7H2,1-3H3. The molecule has 0 unspecified atom stereocenters. The average molecular weight is 260 g/mol. The molecule has 0 aliphatic carbocycles. The van der Waals surface area contributed by atoms with Gasteiger partial charge in [0.25, 0.3) is 0 Å². The normalized spacial score (nSPS) is 11.8. The molecule has 3 heteroatoms. The second-order valence-electron chi connectivity index (χ2n) is 5.35. The van der Waals surface area contributed by atoms with E-state index in [1.54, 1.807) is 12.4 Å². The van der Waals surface area contributed by atoms with Gasteiger partial charge in [-0.1, -0.05) is 50.4 Å². The Morgan fingerprint density at radius 3 is 2.12 bits per heavy atom. The van der Waals surface area contributed by atoms with E-state index in [0.29, 0.717) is 15.5 Å². The Labute approximate surface area is 108 Å². The maximum atomic E-state index is 6.05. The molecule has 0 spiro atoms. The van der Waals surface area contributed by atoms with E-state index >= 15 is 0 Å². The smallest absolute Gasteiger partial charge is 0.0636 e. The van der Waals surface area contributed by atoms with Crippen molar-refractivity contribution in [3.63, 3.8) is 0 Å². The molecule has 0 aliphatic heterocycles. The van der Waals surface area contributed by atoms with Crippen molar-refractivity contribution in [2.75, 3.05) is 0 Å². The first kappa shape index (κ1) is 13.8. The highest BCUT2D eigenvalue weighted by molar-refractivity contribution is 6.35. The first-order valence-electron chi connectivity index (χ1n) is 5.68. The number of unbranched alkanes of at least 4 members (excludes halogenated alkanes) is 1. The van der Waals surface area contributed by atoms with Crippen molar-refractivity contribution < 1.29 is 0 Å². The van der Waals surface area contributed by atoms with Gasteiger partial charge in [0, 0.05) is 12.4 Å². The number of hydrogen-bond donors (Lipinski definition) is 0. The molecule has 0 aliphatic rings. The average Bonchev–Trinajstić information content (AvgIpc) is 2.14. The molecule has 1 aromatic heterocycles. The molecular formula is C13H19Cl2N. The molecule has 1 aromatic rings. The molecule has 0 fully saturated rings. The quantitative estimate of drug-likeness (QED) is 0.682. The number of rotatable bonds is 4. The monoisotopic (exact) mass is 259 g/mol. The summed E-state index contributed by atoms with van der Waals surface area (Å²) in [5.74, 6) is 0. The molecule has 1 nitrogen and oxygen atoms in total. The first-order chi connectivity index (χ1) is 7.40. The summed E-state index contributed by atoms with van der Waals surface area (Å²) < 4.78 is 0. The molecule has 0 radical (unpaired) electrons. The summed E-state index contributed by atoms with van der Waals surface area (Å²) in [4.78, 5) is 3.95. The van der Waals surface area contributed by atoms with Gasteiger partial charge in [0.2, 0.25) is 0 Å². The third kappa shape index (κ3) is 4.71. The first-order valence-corrected chi connectivity index (χ1v) is 6.43. The number of aromatic nitrogens is 1. The molecule has 0 N–H and O–H groups in total. The maximum Gasteiger partial charge on any atom is 0.0636 e. The zero-order valence-electron chi connectivity index (χ0n) is 10.2. The van der Waals surface area contributed by atoms with Crippen molar-refractivity contribution in [2.45, 2.75) is 46.5 Å². The molecule has 0 saturated heterocycles. The van der Waals surface area contributed by atoms with E-state index in [1.807, 2.05) is 0 Å². The van der Waals surface area contributed by atoms with E-state index in [0.717, 1.165) is 18.4 Å². The van der Waals surface area contributed by atoms with Crippen molar-refractivity contribution in [2.24, 2.45) is 5.41 Å². The van der Waals surface area contributed by atoms with E-state index in [9.17, 15) is 0 Å². The Bertz CT molecular complexity index is 322. The van der Waals surface area contributed by atoms with Gasteiger partial charge in [-0.05, 0) is 30.2 Å². The van der Waals surface area contributed by atoms with Crippen LogP contribution in [0, 0.1) is 5.41 Å². The van der Waals surface area contributed by atoms with Gasteiger partial charge >= 0.3 is 0 Å². The number of halogens is 2. The third-order valence-corrected chi connectivity index (χ3v) is 3.21. The highest BCUT2D eigenvalue weighted by Crippen LogP contribution is 2.26. The zero-order chi connectivity index (χ0) is 12.2. The van der Waals surface area contributed by atoms with Gasteiger partial charge < -0.3 is 0 Å². The maximum absolute atomic E-state index is 6.05. The van der Waals surface area contributed by atoms with Crippen LogP contribution in [0.3, 0.4) is 0 Å². The fourth-order valence-electron chi connectivity index (χ4n) is 1.63. The van der Waals surface area contributed by atoms with Crippen LogP contribution in [0.5, 0.6) is 0 Å². The van der Waals surface area contributed by atoms with Gasteiger partial charge in [-0.25, -0.2) is 0 Å². The number of pyridine rings is 1. The minimum atomic E-state index is 0.409. The van der Waals surface area contributed by atoms with E-state index in [-0.39, 0.29) is 0 Å². The fraction of sp³-hybridized carbons (Fsp3) is 0.615. The Morgan fingerprint density at radius 2 is 1.62 bits per heavy atom. The van der Waals surface area contributed by atoms with Crippen molar-refractivity contribution in [3.8, 4) is 0 Å². The Morgan fingerprint density at radius 1 is 1.06 bits per heavy atom. The highest BCUT2D eigenvalue weighted by atomic mass is 35.5. The van der Waals surface area contributed by atoms with Crippen LogP contribution in [0.25, 0.3) is 0 Å². The van der Waals surface area contributed by atoms with E-state index < -0.39 is 0 Å². The minimum absolute atomic E-state index is 0.409. The van der Waals surface area contributed by atoms with Crippen molar-refractivity contribution in [3.05, 3.63) is 28.0 Å². The predicted molar refractivity (Wildman–Crippen MR) is 71.3 cm³/mol. The Hall–Kier alpha value is -0.270. The largest absolute Gasteiger partial charge is 0.262 e. The van der Waals surface area contributed by atoms with E-state index in [1.165, 1.54) is 12.8 Å². The van der Waals surface area contributed by atoms with Crippen LogP contribution in [-0.2, 0) is 6.42 Å². The second kappa shape index (κ2) is 5.88. The SMILES string of the molecule is CC(C)(C)CCCCc1c(Cl)cncc1Cl. The minimum Gasteiger partial charge on any atom is -0.262 e. The molecule has 0 aromatic carbocycles. The molecule has 1 rings (SSSR count). The van der Waals surface area contributed by atoms with Crippen LogP contribution in [0.1, 0.15) is 45.6 Å². The summed E-state index contributed by atoms with van der Waals surface area (Å²) >= 11 is 12.1. The lowest BCUT2D eigenvalue weighted by Crippen LogP contribution is -2.04. The third-order valence-electron chi connectivity index (χ3n) is 2.56. The molecule has 0 atom stereocenters. The molecule has 1 heterocycles. The lowest BCUT2D eigenvalue weighted by atomic mass is 9.89. The number of nitrogens with zero attached hydrogens (tertiary/aromatic N) is 1. The van der Waals surface area contributed by atoms with E-state index in [2.05, 4.69) is 25.8 Å². The summed E-state index contributed by atoms with van der Waals surface area (Å²) in [6.45, 7) is 6.79. The van der Waals surface area contributed by atoms with Gasteiger partial charge in [0.05, 0.1) is 10.0 Å². The fourth-order valence-corrected chi connectivity index (χ4v) is 2.19. The number of hydrogen-bond acceptors (Lipinski definition) is 1. The molecule has 0 saturated carbocycles. The van der Waals surface area contributed by atoms with Crippen molar-refractivity contribution in [1.29, 1.82) is 0 Å².